The van der Waals surface area contributed by atoms with Crippen LogP contribution in [0.25, 0.3) is 0 Å². The molecule has 0 radical (unpaired) electrons. The molecule has 0 aliphatic rings. The molecule has 9 heteroatoms. The molecule has 3 N–H and O–H groups in total. The quantitative estimate of drug-likeness (QED) is 0.551. The molecule has 19 heavy (non-hydrogen) atoms. The van der Waals surface area contributed by atoms with Crippen LogP contribution in [-0.2, 0) is 20.4 Å². The minimum Gasteiger partial charge on any atom is -0.480 e. The van der Waals surface area contributed by atoms with Crippen molar-refractivity contribution in [3.05, 3.63) is 39.9 Å². The summed E-state index contributed by atoms with van der Waals surface area (Å²) >= 11 is 0. The third kappa shape index (κ3) is 4.64. The summed E-state index contributed by atoms with van der Waals surface area (Å²) in [5.74, 6) is -2.49. The van der Waals surface area contributed by atoms with Gasteiger partial charge in [-0.2, -0.15) is 0 Å². The minimum atomic E-state index is -3.69. The van der Waals surface area contributed by atoms with Crippen LogP contribution in [0.1, 0.15) is 5.56 Å². The van der Waals surface area contributed by atoms with Gasteiger partial charge in [-0.3, -0.25) is 14.9 Å². The van der Waals surface area contributed by atoms with Crippen LogP contribution < -0.4 is 5.73 Å². The van der Waals surface area contributed by atoms with Crippen LogP contribution in [0.2, 0.25) is 0 Å². The number of hydrogen-bond donors (Lipinski definition) is 2. The summed E-state index contributed by atoms with van der Waals surface area (Å²) in [6.07, 6.45) is 0. The molecule has 0 unspecified atom stereocenters. The van der Waals surface area contributed by atoms with Gasteiger partial charge in [0, 0.05) is 12.1 Å². The summed E-state index contributed by atoms with van der Waals surface area (Å²) < 4.78 is 23.3. The van der Waals surface area contributed by atoms with E-state index in [-0.39, 0.29) is 5.69 Å². The van der Waals surface area contributed by atoms with Crippen LogP contribution in [0.4, 0.5) is 5.69 Å². The van der Waals surface area contributed by atoms with E-state index in [0.717, 1.165) is 0 Å². The van der Waals surface area contributed by atoms with Gasteiger partial charge >= 0.3 is 5.97 Å². The first kappa shape index (κ1) is 15.1. The fraction of sp³-hybridized carbons (Fsp3) is 0.300. The Morgan fingerprint density at radius 2 is 1.89 bits per heavy atom. The lowest BCUT2D eigenvalue weighted by Crippen LogP contribution is -2.37. The maximum atomic E-state index is 11.7. The van der Waals surface area contributed by atoms with E-state index >= 15 is 0 Å². The second-order valence-corrected chi connectivity index (χ2v) is 6.03. The predicted molar refractivity (Wildman–Crippen MR) is 66.2 cm³/mol. The third-order valence-corrected chi connectivity index (χ3v) is 3.92. The van der Waals surface area contributed by atoms with Crippen LogP contribution in [0.15, 0.2) is 24.3 Å². The Labute approximate surface area is 108 Å². The highest BCUT2D eigenvalue weighted by Crippen LogP contribution is 2.14. The molecule has 0 aromatic heterocycles. The van der Waals surface area contributed by atoms with Gasteiger partial charge < -0.3 is 10.8 Å². The van der Waals surface area contributed by atoms with Gasteiger partial charge in [-0.1, -0.05) is 12.1 Å². The molecule has 0 heterocycles. The first-order valence-electron chi connectivity index (χ1n) is 5.13. The predicted octanol–water partition coefficient (Wildman–Crippen LogP) is -0.0785. The van der Waals surface area contributed by atoms with Gasteiger partial charge in [0.2, 0.25) is 0 Å². The van der Waals surface area contributed by atoms with Gasteiger partial charge in [0.05, 0.1) is 16.4 Å². The Kier molecular flexibility index (Phi) is 4.57. The largest absolute Gasteiger partial charge is 0.480 e. The Morgan fingerprint density at radius 1 is 1.37 bits per heavy atom. The Bertz CT molecular complexity index is 581. The zero-order valence-corrected chi connectivity index (χ0v) is 10.5. The molecule has 0 aliphatic heterocycles. The Balaban J connectivity index is 2.78. The number of sulfone groups is 1. The molecule has 8 nitrogen and oxygen atoms in total. The maximum Gasteiger partial charge on any atom is 0.321 e. The van der Waals surface area contributed by atoms with Crippen LogP contribution in [-0.4, -0.2) is 36.2 Å². The highest BCUT2D eigenvalue weighted by atomic mass is 32.2. The number of benzene rings is 1. The normalized spacial score (nSPS) is 12.9. The van der Waals surface area contributed by atoms with Gasteiger partial charge in [-0.15, -0.1) is 0 Å². The van der Waals surface area contributed by atoms with Crippen molar-refractivity contribution in [2.75, 3.05) is 5.75 Å². The van der Waals surface area contributed by atoms with Gasteiger partial charge in [0.15, 0.2) is 9.84 Å². The summed E-state index contributed by atoms with van der Waals surface area (Å²) in [5.41, 5.74) is 5.34. The summed E-state index contributed by atoms with van der Waals surface area (Å²) in [7, 11) is -3.69. The molecule has 1 aromatic carbocycles. The lowest BCUT2D eigenvalue weighted by Gasteiger charge is -2.07. The number of carboxylic acids is 1. The number of nitro groups is 1. The molecule has 1 rings (SSSR count). The number of rotatable bonds is 6. The van der Waals surface area contributed by atoms with E-state index in [1.54, 1.807) is 0 Å². The van der Waals surface area contributed by atoms with Gasteiger partial charge in [0.1, 0.15) is 6.04 Å². The van der Waals surface area contributed by atoms with Crippen molar-refractivity contribution >= 4 is 21.5 Å². The number of nitro benzene ring substituents is 1. The van der Waals surface area contributed by atoms with Crippen molar-refractivity contribution < 1.29 is 23.2 Å². The number of non-ortho nitro benzene ring substituents is 1. The lowest BCUT2D eigenvalue weighted by atomic mass is 10.2. The highest BCUT2D eigenvalue weighted by Gasteiger charge is 2.22. The first-order chi connectivity index (χ1) is 8.71. The van der Waals surface area contributed by atoms with Gasteiger partial charge in [0.25, 0.3) is 5.69 Å². The summed E-state index contributed by atoms with van der Waals surface area (Å²) in [5, 5.41) is 19.0. The van der Waals surface area contributed by atoms with Crippen molar-refractivity contribution in [1.82, 2.24) is 0 Å². The number of carbonyl (C=O) groups is 1. The maximum absolute atomic E-state index is 11.7. The van der Waals surface area contributed by atoms with Crippen molar-refractivity contribution in [3.8, 4) is 0 Å². The lowest BCUT2D eigenvalue weighted by molar-refractivity contribution is -0.384. The smallest absolute Gasteiger partial charge is 0.321 e. The highest BCUT2D eigenvalue weighted by molar-refractivity contribution is 7.90. The van der Waals surface area contributed by atoms with Crippen molar-refractivity contribution in [2.24, 2.45) is 5.73 Å². The van der Waals surface area contributed by atoms with E-state index in [0.29, 0.717) is 5.56 Å². The summed E-state index contributed by atoms with van der Waals surface area (Å²) in [6, 6.07) is 3.50. The SMILES string of the molecule is N[C@@H](CS(=O)(=O)Cc1ccc([N+](=O)[O-])cc1)C(=O)O. The third-order valence-electron chi connectivity index (χ3n) is 2.28. The number of nitrogens with zero attached hydrogens (tertiary/aromatic N) is 1. The minimum absolute atomic E-state index is 0.150. The Morgan fingerprint density at radius 3 is 2.32 bits per heavy atom. The molecule has 0 saturated carbocycles. The molecular formula is C10H12N2O6S. The van der Waals surface area contributed by atoms with Gasteiger partial charge in [-0.05, 0) is 5.56 Å². The molecule has 0 spiro atoms. The second kappa shape index (κ2) is 5.76. The molecule has 0 fully saturated rings. The number of aliphatic carboxylic acids is 1. The average Bonchev–Trinajstić information content (AvgIpc) is 2.28. The zero-order chi connectivity index (χ0) is 14.6. The van der Waals surface area contributed by atoms with Crippen LogP contribution in [0.5, 0.6) is 0 Å². The van der Waals surface area contributed by atoms with E-state index in [1.807, 2.05) is 0 Å². The molecule has 1 atom stereocenters. The molecule has 0 bridgehead atoms. The monoisotopic (exact) mass is 288 g/mol. The fourth-order valence-corrected chi connectivity index (χ4v) is 2.88. The topological polar surface area (TPSA) is 141 Å². The number of carboxylic acid groups (broad SMARTS) is 1. The van der Waals surface area contributed by atoms with E-state index < -0.39 is 38.3 Å². The zero-order valence-electron chi connectivity index (χ0n) is 9.72. The molecule has 0 aliphatic carbocycles. The number of nitrogens with two attached hydrogens (primary N) is 1. The van der Waals surface area contributed by atoms with Crippen LogP contribution in [0, 0.1) is 10.1 Å². The van der Waals surface area contributed by atoms with Gasteiger partial charge in [-0.25, -0.2) is 8.42 Å². The number of hydrogen-bond acceptors (Lipinski definition) is 6. The molecule has 104 valence electrons. The fourth-order valence-electron chi connectivity index (χ4n) is 1.37. The molecule has 0 saturated heterocycles. The second-order valence-electron chi connectivity index (χ2n) is 3.92. The van der Waals surface area contributed by atoms with Crippen molar-refractivity contribution in [1.29, 1.82) is 0 Å². The summed E-state index contributed by atoms with van der Waals surface area (Å²) in [6.45, 7) is 0. The van der Waals surface area contributed by atoms with Crippen molar-refractivity contribution in [2.45, 2.75) is 11.8 Å². The van der Waals surface area contributed by atoms with Crippen molar-refractivity contribution in [3.63, 3.8) is 0 Å². The Hall–Kier alpha value is -2.00. The van der Waals surface area contributed by atoms with E-state index in [1.165, 1.54) is 24.3 Å². The summed E-state index contributed by atoms with van der Waals surface area (Å²) in [4.78, 5) is 20.3. The van der Waals surface area contributed by atoms with Crippen LogP contribution in [0.3, 0.4) is 0 Å². The molecule has 1 aromatic rings. The first-order valence-corrected chi connectivity index (χ1v) is 6.95. The van der Waals surface area contributed by atoms with E-state index in [2.05, 4.69) is 0 Å². The van der Waals surface area contributed by atoms with E-state index in [9.17, 15) is 23.3 Å². The molecule has 0 amide bonds. The average molecular weight is 288 g/mol. The van der Waals surface area contributed by atoms with E-state index in [4.69, 9.17) is 10.8 Å². The molecular weight excluding hydrogens is 276 g/mol. The van der Waals surface area contributed by atoms with Crippen LogP contribution >= 0.6 is 0 Å². The standard InChI is InChI=1S/C10H12N2O6S/c11-9(10(13)14)6-19(17,18)5-7-1-3-8(4-2-7)12(15)16/h1-4,9H,5-6,11H2,(H,13,14)/t9-/m0/s1.